The summed E-state index contributed by atoms with van der Waals surface area (Å²) in [6.07, 6.45) is 0. The Morgan fingerprint density at radius 2 is 1.52 bits per heavy atom. The minimum absolute atomic E-state index is 0.106. The van der Waals surface area contributed by atoms with Crippen LogP contribution in [0.15, 0.2) is 48.5 Å². The molecule has 0 bridgehead atoms. The van der Waals surface area contributed by atoms with Gasteiger partial charge in [-0.15, -0.1) is 0 Å². The van der Waals surface area contributed by atoms with E-state index in [4.69, 9.17) is 4.74 Å². The molecule has 0 N–H and O–H groups in total. The lowest BCUT2D eigenvalue weighted by Crippen LogP contribution is -2.48. The van der Waals surface area contributed by atoms with E-state index in [-0.39, 0.29) is 11.3 Å². The van der Waals surface area contributed by atoms with Crippen LogP contribution in [0.5, 0.6) is 5.75 Å². The van der Waals surface area contributed by atoms with Crippen molar-refractivity contribution in [3.63, 3.8) is 0 Å². The summed E-state index contributed by atoms with van der Waals surface area (Å²) in [6.45, 7) is 10.8. The Balaban J connectivity index is 1.54. The smallest absolute Gasteiger partial charge is 0.253 e. The molecule has 0 saturated carbocycles. The number of methoxy groups -OCH3 is 1. The van der Waals surface area contributed by atoms with Crippen LogP contribution in [0.1, 0.15) is 42.3 Å². The zero-order valence-electron chi connectivity index (χ0n) is 16.9. The monoisotopic (exact) mass is 366 g/mol. The van der Waals surface area contributed by atoms with Crippen LogP contribution in [0.25, 0.3) is 0 Å². The van der Waals surface area contributed by atoms with E-state index in [1.807, 2.05) is 29.2 Å². The third-order valence-electron chi connectivity index (χ3n) is 5.22. The molecule has 1 aliphatic heterocycles. The van der Waals surface area contributed by atoms with Gasteiger partial charge in [0, 0.05) is 38.3 Å². The molecule has 144 valence electrons. The lowest BCUT2D eigenvalue weighted by Gasteiger charge is -2.35. The molecule has 0 spiro atoms. The average molecular weight is 367 g/mol. The number of rotatable bonds is 4. The topological polar surface area (TPSA) is 32.8 Å². The molecule has 0 atom stereocenters. The highest BCUT2D eigenvalue weighted by molar-refractivity contribution is 5.94. The van der Waals surface area contributed by atoms with Gasteiger partial charge in [0.05, 0.1) is 7.11 Å². The fourth-order valence-electron chi connectivity index (χ4n) is 3.39. The Morgan fingerprint density at radius 1 is 0.926 bits per heavy atom. The Bertz CT molecular complexity index is 752. The van der Waals surface area contributed by atoms with Gasteiger partial charge in [0.1, 0.15) is 5.75 Å². The van der Waals surface area contributed by atoms with Crippen LogP contribution in [0.3, 0.4) is 0 Å². The Labute approximate surface area is 162 Å². The maximum atomic E-state index is 12.8. The van der Waals surface area contributed by atoms with Crippen molar-refractivity contribution in [2.45, 2.75) is 32.7 Å². The van der Waals surface area contributed by atoms with Crippen molar-refractivity contribution < 1.29 is 9.53 Å². The largest absolute Gasteiger partial charge is 0.497 e. The number of amides is 1. The molecule has 0 unspecified atom stereocenters. The predicted molar refractivity (Wildman–Crippen MR) is 109 cm³/mol. The molecule has 4 heteroatoms. The second kappa shape index (κ2) is 8.13. The Kier molecular flexibility index (Phi) is 5.85. The van der Waals surface area contributed by atoms with Crippen LogP contribution in [0.2, 0.25) is 0 Å². The van der Waals surface area contributed by atoms with E-state index < -0.39 is 0 Å². The lowest BCUT2D eigenvalue weighted by atomic mass is 9.86. The van der Waals surface area contributed by atoms with Crippen LogP contribution in [0.4, 0.5) is 0 Å². The van der Waals surface area contributed by atoms with Crippen molar-refractivity contribution in [1.82, 2.24) is 9.80 Å². The highest BCUT2D eigenvalue weighted by Crippen LogP contribution is 2.23. The molecule has 1 saturated heterocycles. The van der Waals surface area contributed by atoms with E-state index in [2.05, 4.69) is 49.9 Å². The molecule has 1 amide bonds. The van der Waals surface area contributed by atoms with E-state index in [9.17, 15) is 4.79 Å². The second-order valence-electron chi connectivity index (χ2n) is 8.24. The maximum Gasteiger partial charge on any atom is 0.253 e. The minimum Gasteiger partial charge on any atom is -0.497 e. The molecule has 2 aromatic rings. The summed E-state index contributed by atoms with van der Waals surface area (Å²) >= 11 is 0. The molecule has 0 aliphatic carbocycles. The van der Waals surface area contributed by atoms with Gasteiger partial charge in [-0.1, -0.05) is 45.0 Å². The van der Waals surface area contributed by atoms with Crippen LogP contribution in [-0.4, -0.2) is 49.0 Å². The van der Waals surface area contributed by atoms with Gasteiger partial charge in [-0.05, 0) is 40.8 Å². The normalized spacial score (nSPS) is 15.6. The van der Waals surface area contributed by atoms with E-state index >= 15 is 0 Å². The van der Waals surface area contributed by atoms with Crippen molar-refractivity contribution >= 4 is 5.91 Å². The predicted octanol–water partition coefficient (Wildman–Crippen LogP) is 3.95. The van der Waals surface area contributed by atoms with Crippen molar-refractivity contribution in [2.24, 2.45) is 0 Å². The zero-order valence-corrected chi connectivity index (χ0v) is 16.9. The number of nitrogens with zero attached hydrogens (tertiary/aromatic N) is 2. The van der Waals surface area contributed by atoms with Gasteiger partial charge in [0.15, 0.2) is 0 Å². The minimum atomic E-state index is 0.106. The van der Waals surface area contributed by atoms with Gasteiger partial charge < -0.3 is 9.64 Å². The molecule has 1 fully saturated rings. The third kappa shape index (κ3) is 4.89. The molecule has 1 heterocycles. The van der Waals surface area contributed by atoms with Crippen molar-refractivity contribution in [1.29, 1.82) is 0 Å². The van der Waals surface area contributed by atoms with Gasteiger partial charge in [-0.25, -0.2) is 0 Å². The summed E-state index contributed by atoms with van der Waals surface area (Å²) in [6, 6.07) is 16.3. The fraction of sp³-hybridized carbons (Fsp3) is 0.435. The summed E-state index contributed by atoms with van der Waals surface area (Å²) in [7, 11) is 1.68. The number of piperazine rings is 1. The number of ether oxygens (including phenoxy) is 1. The molecule has 0 radical (unpaired) electrons. The third-order valence-corrected chi connectivity index (χ3v) is 5.22. The summed E-state index contributed by atoms with van der Waals surface area (Å²) < 4.78 is 5.21. The van der Waals surface area contributed by atoms with Gasteiger partial charge in [-0.2, -0.15) is 0 Å². The molecule has 4 nitrogen and oxygen atoms in total. The molecule has 0 aromatic heterocycles. The standard InChI is InChI=1S/C23H30N2O2/c1-23(2,3)20-9-7-19(8-10-20)22(26)25-15-13-24(14-16-25)17-18-5-11-21(27-4)12-6-18/h5-12H,13-17H2,1-4H3. The van der Waals surface area contributed by atoms with Gasteiger partial charge in [0.2, 0.25) is 0 Å². The van der Waals surface area contributed by atoms with Crippen molar-refractivity contribution in [2.75, 3.05) is 33.3 Å². The van der Waals surface area contributed by atoms with Crippen LogP contribution < -0.4 is 4.74 Å². The number of carbonyl (C=O) groups excluding carboxylic acids is 1. The molecular weight excluding hydrogens is 336 g/mol. The van der Waals surface area contributed by atoms with Crippen molar-refractivity contribution in [3.8, 4) is 5.75 Å². The van der Waals surface area contributed by atoms with Crippen LogP contribution >= 0.6 is 0 Å². The summed E-state index contributed by atoms with van der Waals surface area (Å²) in [5.41, 5.74) is 3.41. The molecule has 27 heavy (non-hydrogen) atoms. The fourth-order valence-corrected chi connectivity index (χ4v) is 3.39. The van der Waals surface area contributed by atoms with Gasteiger partial charge in [-0.3, -0.25) is 9.69 Å². The molecule has 2 aromatic carbocycles. The number of carbonyl (C=O) groups is 1. The first-order valence-corrected chi connectivity index (χ1v) is 9.62. The first kappa shape index (κ1) is 19.4. The highest BCUT2D eigenvalue weighted by atomic mass is 16.5. The SMILES string of the molecule is COc1ccc(CN2CCN(C(=O)c3ccc(C(C)(C)C)cc3)CC2)cc1. The van der Waals surface area contributed by atoms with Gasteiger partial charge >= 0.3 is 0 Å². The quantitative estimate of drug-likeness (QED) is 0.821. The highest BCUT2D eigenvalue weighted by Gasteiger charge is 2.22. The number of hydrogen-bond acceptors (Lipinski definition) is 3. The second-order valence-corrected chi connectivity index (χ2v) is 8.24. The first-order chi connectivity index (χ1) is 12.9. The average Bonchev–Trinajstić information content (AvgIpc) is 2.68. The summed E-state index contributed by atoms with van der Waals surface area (Å²) in [5, 5.41) is 0. The number of hydrogen-bond donors (Lipinski definition) is 0. The Hall–Kier alpha value is -2.33. The summed E-state index contributed by atoms with van der Waals surface area (Å²) in [4.78, 5) is 17.2. The molecular formula is C23H30N2O2. The van der Waals surface area contributed by atoms with E-state index in [1.165, 1.54) is 11.1 Å². The van der Waals surface area contributed by atoms with Crippen molar-refractivity contribution in [3.05, 3.63) is 65.2 Å². The van der Waals surface area contributed by atoms with E-state index in [0.717, 1.165) is 44.0 Å². The maximum absolute atomic E-state index is 12.8. The molecule has 3 rings (SSSR count). The lowest BCUT2D eigenvalue weighted by molar-refractivity contribution is 0.0628. The van der Waals surface area contributed by atoms with Crippen LogP contribution in [0, 0.1) is 0 Å². The zero-order chi connectivity index (χ0) is 19.4. The van der Waals surface area contributed by atoms with Crippen LogP contribution in [-0.2, 0) is 12.0 Å². The first-order valence-electron chi connectivity index (χ1n) is 9.62. The summed E-state index contributed by atoms with van der Waals surface area (Å²) in [5.74, 6) is 1.02. The Morgan fingerprint density at radius 3 is 2.04 bits per heavy atom. The number of benzene rings is 2. The van der Waals surface area contributed by atoms with E-state index in [0.29, 0.717) is 0 Å². The van der Waals surface area contributed by atoms with E-state index in [1.54, 1.807) is 7.11 Å². The van der Waals surface area contributed by atoms with Gasteiger partial charge in [0.25, 0.3) is 5.91 Å². The molecule has 1 aliphatic rings.